The molecule has 3 saturated heterocycles. The second kappa shape index (κ2) is 9.73. The zero-order valence-corrected chi connectivity index (χ0v) is 16.8. The van der Waals surface area contributed by atoms with Gasteiger partial charge in [0.05, 0.1) is 13.2 Å². The summed E-state index contributed by atoms with van der Waals surface area (Å²) in [5.74, 6) is 0. The Hall–Kier alpha value is -1.22. The minimum atomic E-state index is -1.53. The molecule has 0 radical (unpaired) electrons. The number of aliphatic hydroxyl groups is 5. The molecule has 3 aliphatic rings. The summed E-state index contributed by atoms with van der Waals surface area (Å²) < 4.78 is 33.3. The van der Waals surface area contributed by atoms with E-state index >= 15 is 0 Å². The molecule has 0 bridgehead atoms. The van der Waals surface area contributed by atoms with Crippen LogP contribution in [0.25, 0.3) is 0 Å². The number of methoxy groups -OCH3 is 1. The van der Waals surface area contributed by atoms with E-state index in [2.05, 4.69) is 0 Å². The number of aliphatic hydroxyl groups excluding tert-OH is 5. The number of fused-ring (bicyclic) bond motifs is 1. The molecule has 0 spiro atoms. The van der Waals surface area contributed by atoms with Gasteiger partial charge < -0.3 is 54.0 Å². The smallest absolute Gasteiger partial charge is 0.187 e. The molecule has 3 heterocycles. The van der Waals surface area contributed by atoms with E-state index in [1.165, 1.54) is 7.11 Å². The fourth-order valence-electron chi connectivity index (χ4n) is 4.04. The molecule has 0 aliphatic carbocycles. The Kier molecular flexibility index (Phi) is 7.20. The molecule has 1 aromatic rings. The van der Waals surface area contributed by atoms with Crippen LogP contribution in [0.1, 0.15) is 11.9 Å². The highest BCUT2D eigenvalue weighted by Crippen LogP contribution is 2.35. The van der Waals surface area contributed by atoms with E-state index in [0.717, 1.165) is 5.56 Å². The second-order valence-corrected chi connectivity index (χ2v) is 7.74. The molecule has 31 heavy (non-hydrogen) atoms. The van der Waals surface area contributed by atoms with Crippen molar-refractivity contribution in [3.63, 3.8) is 0 Å². The van der Waals surface area contributed by atoms with Crippen LogP contribution in [0.4, 0.5) is 0 Å². The van der Waals surface area contributed by atoms with Gasteiger partial charge in [0.2, 0.25) is 0 Å². The van der Waals surface area contributed by atoms with Gasteiger partial charge in [0.1, 0.15) is 48.8 Å². The third-order valence-corrected chi connectivity index (χ3v) is 5.75. The predicted octanol–water partition coefficient (Wildman–Crippen LogP) is -1.98. The van der Waals surface area contributed by atoms with Crippen molar-refractivity contribution in [3.8, 4) is 0 Å². The van der Waals surface area contributed by atoms with E-state index in [1.807, 2.05) is 30.3 Å². The van der Waals surface area contributed by atoms with E-state index in [0.29, 0.717) is 0 Å². The number of ether oxygens (including phenoxy) is 6. The fraction of sp³-hybridized carbons (Fsp3) is 0.700. The van der Waals surface area contributed by atoms with Gasteiger partial charge in [-0.3, -0.25) is 0 Å². The molecule has 5 N–H and O–H groups in total. The number of hydrogen-bond donors (Lipinski definition) is 5. The first kappa shape index (κ1) is 23.0. The summed E-state index contributed by atoms with van der Waals surface area (Å²) >= 11 is 0. The molecule has 11 heteroatoms. The van der Waals surface area contributed by atoms with Gasteiger partial charge >= 0.3 is 0 Å². The second-order valence-electron chi connectivity index (χ2n) is 7.74. The summed E-state index contributed by atoms with van der Waals surface area (Å²) in [4.78, 5) is 0. The molecule has 174 valence electrons. The highest BCUT2D eigenvalue weighted by molar-refractivity contribution is 5.16. The van der Waals surface area contributed by atoms with Crippen LogP contribution >= 0.6 is 0 Å². The van der Waals surface area contributed by atoms with Crippen molar-refractivity contribution < 1.29 is 54.0 Å². The van der Waals surface area contributed by atoms with Gasteiger partial charge in [-0.15, -0.1) is 0 Å². The van der Waals surface area contributed by atoms with Crippen molar-refractivity contribution in [3.05, 3.63) is 35.9 Å². The van der Waals surface area contributed by atoms with Crippen molar-refractivity contribution in [2.24, 2.45) is 0 Å². The van der Waals surface area contributed by atoms with E-state index in [1.54, 1.807) is 0 Å². The van der Waals surface area contributed by atoms with Gasteiger partial charge in [0.25, 0.3) is 0 Å². The normalized spacial score (nSPS) is 45.8. The Labute approximate surface area is 178 Å². The Balaban J connectivity index is 1.44. The highest BCUT2D eigenvalue weighted by atomic mass is 16.8. The Bertz CT molecular complexity index is 702. The lowest BCUT2D eigenvalue weighted by atomic mass is 9.96. The summed E-state index contributed by atoms with van der Waals surface area (Å²) in [6.07, 6.45) is -13.1. The van der Waals surface area contributed by atoms with Crippen molar-refractivity contribution in [2.75, 3.05) is 20.3 Å². The molecule has 5 unspecified atom stereocenters. The van der Waals surface area contributed by atoms with Gasteiger partial charge in [-0.1, -0.05) is 30.3 Å². The maximum absolute atomic E-state index is 10.7. The summed E-state index contributed by atoms with van der Waals surface area (Å²) in [5, 5.41) is 51.4. The predicted molar refractivity (Wildman–Crippen MR) is 100 cm³/mol. The monoisotopic (exact) mass is 444 g/mol. The third kappa shape index (κ3) is 4.49. The van der Waals surface area contributed by atoms with Gasteiger partial charge in [-0.25, -0.2) is 0 Å². The number of hydrogen-bond acceptors (Lipinski definition) is 11. The van der Waals surface area contributed by atoms with Crippen LogP contribution in [0.2, 0.25) is 0 Å². The minimum Gasteiger partial charge on any atom is -0.394 e. The largest absolute Gasteiger partial charge is 0.394 e. The summed E-state index contributed by atoms with van der Waals surface area (Å²) in [6, 6.07) is 9.16. The highest BCUT2D eigenvalue weighted by Gasteiger charge is 2.52. The summed E-state index contributed by atoms with van der Waals surface area (Å²) in [7, 11) is 1.28. The number of benzene rings is 1. The first-order valence-corrected chi connectivity index (χ1v) is 10.1. The van der Waals surface area contributed by atoms with Gasteiger partial charge in [-0.2, -0.15) is 0 Å². The molecule has 0 aromatic heterocycles. The number of rotatable bonds is 5. The van der Waals surface area contributed by atoms with Crippen LogP contribution in [0.15, 0.2) is 30.3 Å². The van der Waals surface area contributed by atoms with E-state index < -0.39 is 74.3 Å². The van der Waals surface area contributed by atoms with Crippen LogP contribution in [-0.2, 0) is 28.4 Å². The molecule has 11 atom stereocenters. The average Bonchev–Trinajstić information content (AvgIpc) is 2.80. The third-order valence-electron chi connectivity index (χ3n) is 5.75. The van der Waals surface area contributed by atoms with Crippen molar-refractivity contribution in [1.29, 1.82) is 0 Å². The maximum Gasteiger partial charge on any atom is 0.187 e. The lowest BCUT2D eigenvalue weighted by molar-refractivity contribution is -0.385. The average molecular weight is 444 g/mol. The van der Waals surface area contributed by atoms with Crippen LogP contribution in [0.3, 0.4) is 0 Å². The standard InChI is InChI=1S/C20H28O11/c1-26-19-14(24)12(22)16(10(7-21)28-19)31-20-15(25)13(23)17-11(29-20)8-27-18(30-17)9-5-3-2-4-6-9/h2-6,10-25H,7-8H2,1H3/t10?,11?,12-,13-,14?,15?,16-,17+,18?,19-,20+/m1/s1. The first-order chi connectivity index (χ1) is 14.9. The molecule has 0 saturated carbocycles. The Morgan fingerprint density at radius 2 is 1.61 bits per heavy atom. The Morgan fingerprint density at radius 3 is 2.29 bits per heavy atom. The van der Waals surface area contributed by atoms with Crippen LogP contribution in [0.5, 0.6) is 0 Å². The zero-order valence-electron chi connectivity index (χ0n) is 16.8. The van der Waals surface area contributed by atoms with Gasteiger partial charge in [-0.05, 0) is 0 Å². The van der Waals surface area contributed by atoms with E-state index in [9.17, 15) is 25.5 Å². The van der Waals surface area contributed by atoms with Crippen molar-refractivity contribution >= 4 is 0 Å². The van der Waals surface area contributed by atoms with Gasteiger partial charge in [0, 0.05) is 12.7 Å². The van der Waals surface area contributed by atoms with Crippen molar-refractivity contribution in [2.45, 2.75) is 67.7 Å². The van der Waals surface area contributed by atoms with Crippen molar-refractivity contribution in [1.82, 2.24) is 0 Å². The Morgan fingerprint density at radius 1 is 0.903 bits per heavy atom. The van der Waals surface area contributed by atoms with Crippen LogP contribution < -0.4 is 0 Å². The zero-order chi connectivity index (χ0) is 22.1. The fourth-order valence-corrected chi connectivity index (χ4v) is 4.04. The maximum atomic E-state index is 10.7. The topological polar surface area (TPSA) is 157 Å². The van der Waals surface area contributed by atoms with E-state index in [-0.39, 0.29) is 6.61 Å². The van der Waals surface area contributed by atoms with Crippen LogP contribution in [0, 0.1) is 0 Å². The lowest BCUT2D eigenvalue weighted by Crippen LogP contribution is -2.65. The van der Waals surface area contributed by atoms with Crippen LogP contribution in [-0.4, -0.2) is 107 Å². The minimum absolute atomic E-state index is 0.0649. The SMILES string of the molecule is CO[C@@H]1OC(CO)[C@@H](O[C@@H]2OC3COC(c4ccccc4)O[C@@H]3[C@H](O)C2O)[C@H](O)C1O. The quantitative estimate of drug-likeness (QED) is 0.343. The molecular formula is C20H28O11. The summed E-state index contributed by atoms with van der Waals surface area (Å²) in [6.45, 7) is -0.480. The molecule has 3 fully saturated rings. The molecule has 1 aromatic carbocycles. The lowest BCUT2D eigenvalue weighted by Gasteiger charge is -2.48. The van der Waals surface area contributed by atoms with E-state index in [4.69, 9.17) is 28.4 Å². The molecule has 11 nitrogen and oxygen atoms in total. The molecule has 3 aliphatic heterocycles. The molecule has 0 amide bonds. The first-order valence-electron chi connectivity index (χ1n) is 10.1. The molecular weight excluding hydrogens is 416 g/mol. The molecule has 4 rings (SSSR count). The van der Waals surface area contributed by atoms with Gasteiger partial charge in [0.15, 0.2) is 18.9 Å². The summed E-state index contributed by atoms with van der Waals surface area (Å²) in [5.41, 5.74) is 0.760.